The van der Waals surface area contributed by atoms with Crippen molar-refractivity contribution >= 4 is 5.91 Å². The van der Waals surface area contributed by atoms with Gasteiger partial charge in [-0.2, -0.15) is 5.26 Å². The molecule has 112 valence electrons. The fourth-order valence-corrected chi connectivity index (χ4v) is 1.98. The number of nitrogens with one attached hydrogen (secondary N) is 2. The third-order valence-corrected chi connectivity index (χ3v) is 3.33. The maximum atomic E-state index is 13.9. The van der Waals surface area contributed by atoms with Crippen LogP contribution in [0.25, 0.3) is 5.73 Å². The molecule has 1 amide bonds. The Morgan fingerprint density at radius 2 is 2.33 bits per heavy atom. The maximum Gasteiger partial charge on any atom is 0.251 e. The zero-order chi connectivity index (χ0) is 15.5. The number of aromatic nitrogens is 1. The molecule has 1 aromatic rings. The summed E-state index contributed by atoms with van der Waals surface area (Å²) < 4.78 is 27.7. The van der Waals surface area contributed by atoms with E-state index in [1.807, 2.05) is 6.07 Å². The molecule has 0 saturated heterocycles. The predicted molar refractivity (Wildman–Crippen MR) is 71.3 cm³/mol. The Morgan fingerprint density at radius 1 is 1.62 bits per heavy atom. The van der Waals surface area contributed by atoms with Gasteiger partial charge in [0.25, 0.3) is 5.92 Å². The number of nitrogens with zero attached hydrogens (tertiary/aromatic N) is 2. The standard InChI is InChI=1S/C14H15F2N4O/c15-14(16,6-10-2-1-5-19-8-10)7-11(18)12(21)20-13(9-17)3-4-13/h1-2,5,8,11,18H,3-4,6-7H2,(H,20,21)/q-1/t11-/m0/s1. The maximum absolute atomic E-state index is 13.9. The third kappa shape index (κ3) is 4.20. The number of pyridine rings is 1. The molecule has 1 atom stereocenters. The first-order valence-corrected chi connectivity index (χ1v) is 6.57. The van der Waals surface area contributed by atoms with Crippen molar-refractivity contribution in [1.82, 2.24) is 10.3 Å². The van der Waals surface area contributed by atoms with Crippen molar-refractivity contribution in [1.29, 1.82) is 5.26 Å². The lowest BCUT2D eigenvalue weighted by molar-refractivity contribution is -0.124. The van der Waals surface area contributed by atoms with Crippen LogP contribution < -0.4 is 5.32 Å². The number of hydrogen-bond donors (Lipinski definition) is 1. The summed E-state index contributed by atoms with van der Waals surface area (Å²) in [5.74, 6) is -3.99. The highest BCUT2D eigenvalue weighted by molar-refractivity contribution is 5.84. The van der Waals surface area contributed by atoms with Gasteiger partial charge in [0.2, 0.25) is 5.91 Å². The van der Waals surface area contributed by atoms with Gasteiger partial charge in [0.1, 0.15) is 5.54 Å². The molecule has 1 aromatic heterocycles. The summed E-state index contributed by atoms with van der Waals surface area (Å²) in [5.41, 5.74) is 6.98. The Kier molecular flexibility index (Phi) is 4.19. The Labute approximate surface area is 121 Å². The SMILES string of the molecule is N#CC1(NC(=O)[C@@H]([NH-])CC(F)(F)Cc2cccnc2)CC1. The third-order valence-electron chi connectivity index (χ3n) is 3.33. The number of amides is 1. The molecule has 1 aliphatic rings. The van der Waals surface area contributed by atoms with Gasteiger partial charge in [0.15, 0.2) is 0 Å². The normalized spacial score (nSPS) is 17.6. The van der Waals surface area contributed by atoms with E-state index in [-0.39, 0.29) is 0 Å². The van der Waals surface area contributed by atoms with Gasteiger partial charge in [-0.25, -0.2) is 8.78 Å². The number of hydrogen-bond acceptors (Lipinski definition) is 3. The van der Waals surface area contributed by atoms with Crippen LogP contribution >= 0.6 is 0 Å². The van der Waals surface area contributed by atoms with Gasteiger partial charge in [-0.3, -0.25) is 9.78 Å². The summed E-state index contributed by atoms with van der Waals surface area (Å²) in [5, 5.41) is 11.2. The van der Waals surface area contributed by atoms with E-state index in [2.05, 4.69) is 10.3 Å². The summed E-state index contributed by atoms with van der Waals surface area (Å²) in [7, 11) is 0. The largest absolute Gasteiger partial charge is 0.667 e. The molecule has 1 fully saturated rings. The molecule has 2 N–H and O–H groups in total. The monoisotopic (exact) mass is 293 g/mol. The van der Waals surface area contributed by atoms with Crippen LogP contribution in [0.2, 0.25) is 0 Å². The van der Waals surface area contributed by atoms with Crippen molar-refractivity contribution in [3.8, 4) is 6.07 Å². The van der Waals surface area contributed by atoms with Gasteiger partial charge in [-0.05, 0) is 24.5 Å². The number of carbonyl (C=O) groups is 1. The van der Waals surface area contributed by atoms with Gasteiger partial charge < -0.3 is 11.1 Å². The van der Waals surface area contributed by atoms with Gasteiger partial charge in [-0.1, -0.05) is 12.1 Å². The van der Waals surface area contributed by atoms with Gasteiger partial charge in [0.05, 0.1) is 6.07 Å². The van der Waals surface area contributed by atoms with Crippen LogP contribution in [0.3, 0.4) is 0 Å². The number of carbonyl (C=O) groups excluding carboxylic acids is 1. The van der Waals surface area contributed by atoms with Crippen molar-refractivity contribution in [2.24, 2.45) is 0 Å². The van der Waals surface area contributed by atoms with Crippen molar-refractivity contribution in [2.45, 2.75) is 43.2 Å². The number of nitriles is 1. The Balaban J connectivity index is 1.90. The second kappa shape index (κ2) is 5.74. The molecule has 7 heteroatoms. The molecule has 21 heavy (non-hydrogen) atoms. The van der Waals surface area contributed by atoms with Crippen LogP contribution in [-0.2, 0) is 11.2 Å². The molecule has 0 bridgehead atoms. The zero-order valence-corrected chi connectivity index (χ0v) is 11.3. The summed E-state index contributed by atoms with van der Waals surface area (Å²) in [6, 6.07) is 3.41. The van der Waals surface area contributed by atoms with E-state index in [1.165, 1.54) is 18.5 Å². The van der Waals surface area contributed by atoms with Crippen LogP contribution in [0.1, 0.15) is 24.8 Å². The summed E-state index contributed by atoms with van der Waals surface area (Å²) in [6.07, 6.45) is 2.39. The molecule has 0 aromatic carbocycles. The lowest BCUT2D eigenvalue weighted by atomic mass is 10.0. The Bertz CT molecular complexity index is 552. The average Bonchev–Trinajstić information content (AvgIpc) is 3.19. The summed E-state index contributed by atoms with van der Waals surface area (Å²) in [6.45, 7) is 0. The van der Waals surface area contributed by atoms with Gasteiger partial charge >= 0.3 is 0 Å². The molecule has 5 nitrogen and oxygen atoms in total. The zero-order valence-electron chi connectivity index (χ0n) is 11.3. The van der Waals surface area contributed by atoms with E-state index >= 15 is 0 Å². The van der Waals surface area contributed by atoms with E-state index in [1.54, 1.807) is 6.07 Å². The van der Waals surface area contributed by atoms with Crippen molar-refractivity contribution in [2.75, 3.05) is 0 Å². The highest BCUT2D eigenvalue weighted by atomic mass is 19.3. The first-order valence-electron chi connectivity index (χ1n) is 6.57. The molecule has 0 spiro atoms. The van der Waals surface area contributed by atoms with Crippen molar-refractivity contribution in [3.05, 3.63) is 35.8 Å². The fourth-order valence-electron chi connectivity index (χ4n) is 1.98. The molecule has 1 saturated carbocycles. The van der Waals surface area contributed by atoms with Crippen LogP contribution in [0.4, 0.5) is 8.78 Å². The van der Waals surface area contributed by atoms with E-state index in [4.69, 9.17) is 11.0 Å². The van der Waals surface area contributed by atoms with Crippen LogP contribution in [0, 0.1) is 11.3 Å². The molecule has 1 aliphatic carbocycles. The minimum absolute atomic E-state index is 0.353. The topological polar surface area (TPSA) is 89.6 Å². The van der Waals surface area contributed by atoms with E-state index in [9.17, 15) is 13.6 Å². The van der Waals surface area contributed by atoms with Gasteiger partial charge in [0, 0.05) is 25.2 Å². The number of halogens is 2. The van der Waals surface area contributed by atoms with Crippen LogP contribution in [0.5, 0.6) is 0 Å². The lowest BCUT2D eigenvalue weighted by Gasteiger charge is -2.26. The minimum atomic E-state index is -3.17. The van der Waals surface area contributed by atoms with E-state index in [0.717, 1.165) is 0 Å². The molecule has 2 rings (SSSR count). The second-order valence-corrected chi connectivity index (χ2v) is 5.33. The average molecular weight is 293 g/mol. The van der Waals surface area contributed by atoms with Crippen molar-refractivity contribution in [3.63, 3.8) is 0 Å². The number of alkyl halides is 2. The van der Waals surface area contributed by atoms with Crippen LogP contribution in [0.15, 0.2) is 24.5 Å². The summed E-state index contributed by atoms with van der Waals surface area (Å²) in [4.78, 5) is 15.4. The second-order valence-electron chi connectivity index (χ2n) is 5.33. The fraction of sp³-hybridized carbons (Fsp3) is 0.500. The van der Waals surface area contributed by atoms with Gasteiger partial charge in [-0.15, -0.1) is 0 Å². The quantitative estimate of drug-likeness (QED) is 0.872. The molecule has 0 aliphatic heterocycles. The Morgan fingerprint density at radius 3 is 2.86 bits per heavy atom. The lowest BCUT2D eigenvalue weighted by Crippen LogP contribution is -2.43. The van der Waals surface area contributed by atoms with Crippen molar-refractivity contribution < 1.29 is 13.6 Å². The Hall–Kier alpha value is -2.07. The first-order chi connectivity index (χ1) is 9.86. The molecular weight excluding hydrogens is 278 g/mol. The molecule has 0 radical (unpaired) electrons. The molecule has 0 unspecified atom stereocenters. The predicted octanol–water partition coefficient (Wildman–Crippen LogP) is 2.24. The molecule has 1 heterocycles. The highest BCUT2D eigenvalue weighted by Gasteiger charge is 2.45. The van der Waals surface area contributed by atoms with Crippen LogP contribution in [-0.4, -0.2) is 28.4 Å². The first kappa shape index (κ1) is 15.3. The highest BCUT2D eigenvalue weighted by Crippen LogP contribution is 2.35. The smallest absolute Gasteiger partial charge is 0.251 e. The minimum Gasteiger partial charge on any atom is -0.667 e. The number of rotatable bonds is 6. The molecular formula is C14H15F2N4O-. The van der Waals surface area contributed by atoms with E-state index in [0.29, 0.717) is 18.4 Å². The van der Waals surface area contributed by atoms with E-state index < -0.39 is 36.3 Å². The summed E-state index contributed by atoms with van der Waals surface area (Å²) >= 11 is 0.